The molecule has 0 aliphatic heterocycles. The minimum atomic E-state index is 0.580. The second-order valence-electron chi connectivity index (χ2n) is 2.61. The molecule has 1 heterocycles. The van der Waals surface area contributed by atoms with Crippen molar-refractivity contribution in [1.82, 2.24) is 4.98 Å². The Balaban J connectivity index is 2.66. The van der Waals surface area contributed by atoms with Gasteiger partial charge in [-0.1, -0.05) is 19.9 Å². The maximum Gasteiger partial charge on any atom is 0.0533 e. The lowest BCUT2D eigenvalue weighted by atomic mass is 10.2. The van der Waals surface area contributed by atoms with Crippen LogP contribution in [-0.2, 0) is 0 Å². The highest BCUT2D eigenvalue weighted by atomic mass is 32.2. The number of thioether (sulfide) groups is 1. The van der Waals surface area contributed by atoms with E-state index in [0.29, 0.717) is 5.25 Å². The van der Waals surface area contributed by atoms with Gasteiger partial charge >= 0.3 is 0 Å². The first-order valence-corrected chi connectivity index (χ1v) is 5.45. The average Bonchev–Trinajstić information content (AvgIpc) is 2.15. The summed E-state index contributed by atoms with van der Waals surface area (Å²) >= 11 is 1.97. The molecule has 0 N–H and O–H groups in total. The van der Waals surface area contributed by atoms with E-state index >= 15 is 0 Å². The molecule has 0 radical (unpaired) electrons. The fourth-order valence-electron chi connectivity index (χ4n) is 1.18. The van der Waals surface area contributed by atoms with Crippen molar-refractivity contribution in [3.05, 3.63) is 30.1 Å². The molecule has 12 heavy (non-hydrogen) atoms. The summed E-state index contributed by atoms with van der Waals surface area (Å²) < 4.78 is 0. The molecular formula is C10H15NS. The molecule has 0 fully saturated rings. The van der Waals surface area contributed by atoms with Gasteiger partial charge in [-0.15, -0.1) is 0 Å². The SMILES string of the molecule is CCSC(CC)c1ccccn1. The van der Waals surface area contributed by atoms with Crippen molar-refractivity contribution in [2.24, 2.45) is 0 Å². The van der Waals surface area contributed by atoms with Crippen LogP contribution < -0.4 is 0 Å². The standard InChI is InChI=1S/C10H15NS/c1-3-10(12-4-2)9-7-5-6-8-11-9/h5-8,10H,3-4H2,1-2H3. The molecule has 0 saturated carbocycles. The zero-order chi connectivity index (χ0) is 8.81. The summed E-state index contributed by atoms with van der Waals surface area (Å²) in [7, 11) is 0. The van der Waals surface area contributed by atoms with E-state index in [2.05, 4.69) is 31.0 Å². The first-order valence-electron chi connectivity index (χ1n) is 4.41. The molecule has 1 unspecified atom stereocenters. The van der Waals surface area contributed by atoms with Gasteiger partial charge in [0.2, 0.25) is 0 Å². The maximum atomic E-state index is 4.35. The Morgan fingerprint density at radius 3 is 2.75 bits per heavy atom. The normalized spacial score (nSPS) is 12.8. The first kappa shape index (κ1) is 9.59. The van der Waals surface area contributed by atoms with Gasteiger partial charge in [0.05, 0.1) is 5.69 Å². The Bertz CT molecular complexity index is 210. The van der Waals surface area contributed by atoms with Crippen LogP contribution in [0.4, 0.5) is 0 Å². The number of aromatic nitrogens is 1. The molecule has 1 aromatic heterocycles. The van der Waals surface area contributed by atoms with Crippen LogP contribution in [0.15, 0.2) is 24.4 Å². The van der Waals surface area contributed by atoms with E-state index in [0.717, 1.165) is 12.2 Å². The van der Waals surface area contributed by atoms with Crippen LogP contribution in [0.3, 0.4) is 0 Å². The van der Waals surface area contributed by atoms with Crippen LogP contribution in [-0.4, -0.2) is 10.7 Å². The van der Waals surface area contributed by atoms with Crippen molar-refractivity contribution < 1.29 is 0 Å². The van der Waals surface area contributed by atoms with E-state index in [1.165, 1.54) is 5.69 Å². The van der Waals surface area contributed by atoms with Crippen molar-refractivity contribution in [2.45, 2.75) is 25.5 Å². The van der Waals surface area contributed by atoms with E-state index < -0.39 is 0 Å². The van der Waals surface area contributed by atoms with Crippen molar-refractivity contribution >= 4 is 11.8 Å². The van der Waals surface area contributed by atoms with Gasteiger partial charge in [0.25, 0.3) is 0 Å². The van der Waals surface area contributed by atoms with Crippen LogP contribution in [0.5, 0.6) is 0 Å². The van der Waals surface area contributed by atoms with E-state index in [1.54, 1.807) is 0 Å². The smallest absolute Gasteiger partial charge is 0.0533 e. The summed E-state index contributed by atoms with van der Waals surface area (Å²) in [6.07, 6.45) is 3.03. The highest BCUT2D eigenvalue weighted by Gasteiger charge is 2.08. The van der Waals surface area contributed by atoms with Gasteiger partial charge in [0, 0.05) is 11.4 Å². The van der Waals surface area contributed by atoms with Crippen LogP contribution in [0.1, 0.15) is 31.2 Å². The Hall–Kier alpha value is -0.500. The fraction of sp³-hybridized carbons (Fsp3) is 0.500. The fourth-order valence-corrected chi connectivity index (χ4v) is 2.13. The molecule has 0 aromatic carbocycles. The van der Waals surface area contributed by atoms with Crippen LogP contribution in [0.25, 0.3) is 0 Å². The number of pyridine rings is 1. The van der Waals surface area contributed by atoms with Gasteiger partial charge in [0.15, 0.2) is 0 Å². The zero-order valence-electron chi connectivity index (χ0n) is 7.66. The molecule has 1 nitrogen and oxygen atoms in total. The first-order chi connectivity index (χ1) is 5.88. The van der Waals surface area contributed by atoms with Crippen molar-refractivity contribution in [2.75, 3.05) is 5.75 Å². The van der Waals surface area contributed by atoms with Crippen LogP contribution in [0, 0.1) is 0 Å². The molecule has 1 aromatic rings. The van der Waals surface area contributed by atoms with Gasteiger partial charge in [0.1, 0.15) is 0 Å². The minimum absolute atomic E-state index is 0.580. The molecule has 0 aliphatic carbocycles. The van der Waals surface area contributed by atoms with E-state index in [4.69, 9.17) is 0 Å². The number of rotatable bonds is 4. The molecule has 1 rings (SSSR count). The highest BCUT2D eigenvalue weighted by Crippen LogP contribution is 2.29. The zero-order valence-corrected chi connectivity index (χ0v) is 8.47. The van der Waals surface area contributed by atoms with E-state index in [1.807, 2.05) is 24.0 Å². The summed E-state index contributed by atoms with van der Waals surface area (Å²) in [5.41, 5.74) is 1.21. The molecule has 66 valence electrons. The summed E-state index contributed by atoms with van der Waals surface area (Å²) in [6.45, 7) is 4.40. The van der Waals surface area contributed by atoms with Crippen molar-refractivity contribution in [1.29, 1.82) is 0 Å². The molecule has 0 spiro atoms. The maximum absolute atomic E-state index is 4.35. The predicted molar refractivity (Wildman–Crippen MR) is 55.4 cm³/mol. The molecule has 2 heteroatoms. The topological polar surface area (TPSA) is 12.9 Å². The molecular weight excluding hydrogens is 166 g/mol. The number of nitrogens with zero attached hydrogens (tertiary/aromatic N) is 1. The lowest BCUT2D eigenvalue weighted by Gasteiger charge is -2.11. The van der Waals surface area contributed by atoms with Gasteiger partial charge in [-0.25, -0.2) is 0 Å². The van der Waals surface area contributed by atoms with E-state index in [-0.39, 0.29) is 0 Å². The predicted octanol–water partition coefficient (Wildman–Crippen LogP) is 3.29. The summed E-state index contributed by atoms with van der Waals surface area (Å²) in [6, 6.07) is 6.13. The minimum Gasteiger partial charge on any atom is -0.260 e. The molecule has 0 bridgehead atoms. The van der Waals surface area contributed by atoms with Gasteiger partial charge in [-0.05, 0) is 24.3 Å². The Kier molecular flexibility index (Phi) is 4.15. The van der Waals surface area contributed by atoms with Gasteiger partial charge in [-0.3, -0.25) is 4.98 Å². The summed E-state index contributed by atoms with van der Waals surface area (Å²) in [4.78, 5) is 4.35. The lowest BCUT2D eigenvalue weighted by Crippen LogP contribution is -1.95. The van der Waals surface area contributed by atoms with Crippen LogP contribution in [0.2, 0.25) is 0 Å². The Labute approximate surface area is 78.6 Å². The number of hydrogen-bond acceptors (Lipinski definition) is 2. The van der Waals surface area contributed by atoms with Gasteiger partial charge in [-0.2, -0.15) is 11.8 Å². The third-order valence-electron chi connectivity index (χ3n) is 1.76. The third-order valence-corrected chi connectivity index (χ3v) is 3.07. The largest absolute Gasteiger partial charge is 0.260 e. The monoisotopic (exact) mass is 181 g/mol. The molecule has 0 saturated heterocycles. The highest BCUT2D eigenvalue weighted by molar-refractivity contribution is 7.99. The van der Waals surface area contributed by atoms with Crippen molar-refractivity contribution in [3.63, 3.8) is 0 Å². The molecule has 0 aliphatic rings. The Morgan fingerprint density at radius 1 is 1.42 bits per heavy atom. The second kappa shape index (κ2) is 5.20. The summed E-state index contributed by atoms with van der Waals surface area (Å²) in [5.74, 6) is 1.16. The van der Waals surface area contributed by atoms with Crippen molar-refractivity contribution in [3.8, 4) is 0 Å². The average molecular weight is 181 g/mol. The Morgan fingerprint density at radius 2 is 2.25 bits per heavy atom. The molecule has 1 atom stereocenters. The van der Waals surface area contributed by atoms with Crippen LogP contribution >= 0.6 is 11.8 Å². The van der Waals surface area contributed by atoms with Gasteiger partial charge < -0.3 is 0 Å². The summed E-state index contributed by atoms with van der Waals surface area (Å²) in [5, 5.41) is 0.580. The second-order valence-corrected chi connectivity index (χ2v) is 4.09. The molecule has 0 amide bonds. The third kappa shape index (κ3) is 2.52. The lowest BCUT2D eigenvalue weighted by molar-refractivity contribution is 0.858. The quantitative estimate of drug-likeness (QED) is 0.707. The van der Waals surface area contributed by atoms with E-state index in [9.17, 15) is 0 Å². The number of hydrogen-bond donors (Lipinski definition) is 0.